The molecule has 4 aromatic rings. The van der Waals surface area contributed by atoms with Crippen molar-refractivity contribution in [1.29, 1.82) is 0 Å². The van der Waals surface area contributed by atoms with Crippen molar-refractivity contribution in [2.75, 3.05) is 11.1 Å². The fraction of sp³-hybridized carbons (Fsp3) is 0.286. The van der Waals surface area contributed by atoms with Crippen LogP contribution in [-0.4, -0.2) is 46.6 Å². The number of aromatic nitrogens is 7. The molecular formula is C21H17F4N9O. The molecule has 3 N–H and O–H groups in total. The minimum absolute atomic E-state index is 0.00100. The third-order valence-corrected chi connectivity index (χ3v) is 5.80. The highest BCUT2D eigenvalue weighted by Gasteiger charge is 2.48. The van der Waals surface area contributed by atoms with Crippen LogP contribution in [0.15, 0.2) is 30.9 Å². The van der Waals surface area contributed by atoms with E-state index in [4.69, 9.17) is 5.73 Å². The molecule has 0 fully saturated rings. The first-order valence-electron chi connectivity index (χ1n) is 10.4. The summed E-state index contributed by atoms with van der Waals surface area (Å²) in [7, 11) is 0. The Balaban J connectivity index is 1.56. The highest BCUT2D eigenvalue weighted by Crippen LogP contribution is 2.44. The van der Waals surface area contributed by atoms with Crippen molar-refractivity contribution in [3.8, 4) is 11.5 Å². The summed E-state index contributed by atoms with van der Waals surface area (Å²) in [6.45, 7) is 1.58. The van der Waals surface area contributed by atoms with Gasteiger partial charge >= 0.3 is 6.18 Å². The van der Waals surface area contributed by atoms with Gasteiger partial charge in [-0.15, -0.1) is 0 Å². The maximum absolute atomic E-state index is 13.4. The van der Waals surface area contributed by atoms with E-state index in [1.165, 1.54) is 29.2 Å². The van der Waals surface area contributed by atoms with Crippen LogP contribution in [0.3, 0.4) is 0 Å². The largest absolute Gasteiger partial charge is 0.389 e. The first kappa shape index (κ1) is 22.6. The lowest BCUT2D eigenvalue weighted by Gasteiger charge is -2.22. The number of nitrogens with two attached hydrogens (primary N) is 1. The average Bonchev–Trinajstić information content (AvgIpc) is 3.36. The lowest BCUT2D eigenvalue weighted by atomic mass is 9.81. The van der Waals surface area contributed by atoms with Gasteiger partial charge in [-0.25, -0.2) is 28.8 Å². The molecule has 5 rings (SSSR count). The number of carbonyl (C=O) groups excluding carboxylic acids is 1. The first-order valence-corrected chi connectivity index (χ1v) is 10.4. The van der Waals surface area contributed by atoms with Gasteiger partial charge in [0.15, 0.2) is 11.5 Å². The summed E-state index contributed by atoms with van der Waals surface area (Å²) in [4.78, 5) is 34.1. The zero-order valence-corrected chi connectivity index (χ0v) is 18.1. The van der Waals surface area contributed by atoms with Gasteiger partial charge in [0, 0.05) is 6.42 Å². The minimum atomic E-state index is -4.29. The van der Waals surface area contributed by atoms with Crippen LogP contribution in [0, 0.1) is 5.82 Å². The maximum atomic E-state index is 13.4. The predicted molar refractivity (Wildman–Crippen MR) is 114 cm³/mol. The monoisotopic (exact) mass is 487 g/mol. The van der Waals surface area contributed by atoms with Gasteiger partial charge < -0.3 is 11.1 Å². The summed E-state index contributed by atoms with van der Waals surface area (Å²) in [6.07, 6.45) is -1.72. The molecule has 180 valence electrons. The van der Waals surface area contributed by atoms with Gasteiger partial charge in [0.05, 0.1) is 29.3 Å². The minimum Gasteiger partial charge on any atom is -0.383 e. The standard InChI is InChI=1S/C21H17F4N9O/c1-20(13-5-4-10(22)7-27-13)14-15(26)31-16(32-17(14)33-19(20)35)12-8-34-18(28-9-29-34)11(30-12)3-2-6-21(23,24)25/h4-5,7-9H,2-3,6H2,1H3,(H3,26,31,32,33,35). The van der Waals surface area contributed by atoms with Crippen molar-refractivity contribution in [3.05, 3.63) is 53.6 Å². The summed E-state index contributed by atoms with van der Waals surface area (Å²) >= 11 is 0. The molecule has 1 aliphatic heterocycles. The van der Waals surface area contributed by atoms with Gasteiger partial charge in [0.25, 0.3) is 0 Å². The molecule has 5 heterocycles. The van der Waals surface area contributed by atoms with Gasteiger partial charge in [0.2, 0.25) is 5.91 Å². The van der Waals surface area contributed by atoms with E-state index in [9.17, 15) is 22.4 Å². The van der Waals surface area contributed by atoms with Gasteiger partial charge in [0.1, 0.15) is 34.9 Å². The van der Waals surface area contributed by atoms with E-state index >= 15 is 0 Å². The highest BCUT2D eigenvalue weighted by atomic mass is 19.4. The van der Waals surface area contributed by atoms with E-state index in [-0.39, 0.29) is 52.9 Å². The molecule has 0 saturated heterocycles. The zero-order valence-electron chi connectivity index (χ0n) is 18.1. The van der Waals surface area contributed by atoms with Crippen molar-refractivity contribution in [3.63, 3.8) is 0 Å². The number of alkyl halides is 3. The summed E-state index contributed by atoms with van der Waals surface area (Å²) < 4.78 is 52.6. The Morgan fingerprint density at radius 2 is 1.97 bits per heavy atom. The number of amides is 1. The Morgan fingerprint density at radius 3 is 2.69 bits per heavy atom. The Kier molecular flexibility index (Phi) is 5.11. The molecule has 0 spiro atoms. The van der Waals surface area contributed by atoms with Crippen molar-refractivity contribution in [2.24, 2.45) is 0 Å². The number of pyridine rings is 1. The summed E-state index contributed by atoms with van der Waals surface area (Å²) in [5, 5.41) is 6.71. The summed E-state index contributed by atoms with van der Waals surface area (Å²) in [5.74, 6) is -0.901. The third kappa shape index (κ3) is 3.90. The van der Waals surface area contributed by atoms with Crippen LogP contribution in [0.25, 0.3) is 17.2 Å². The molecule has 0 saturated carbocycles. The molecular weight excluding hydrogens is 470 g/mol. The van der Waals surface area contributed by atoms with Crippen molar-refractivity contribution < 1.29 is 22.4 Å². The number of hydrogen-bond acceptors (Lipinski definition) is 8. The highest BCUT2D eigenvalue weighted by molar-refractivity contribution is 6.08. The second-order valence-corrected chi connectivity index (χ2v) is 8.17. The van der Waals surface area contributed by atoms with E-state index in [0.717, 1.165) is 6.20 Å². The van der Waals surface area contributed by atoms with Crippen LogP contribution >= 0.6 is 0 Å². The summed E-state index contributed by atoms with van der Waals surface area (Å²) in [5.41, 5.74) is 6.19. The Morgan fingerprint density at radius 1 is 1.17 bits per heavy atom. The van der Waals surface area contributed by atoms with E-state index in [1.807, 2.05) is 0 Å². The zero-order chi connectivity index (χ0) is 25.0. The number of anilines is 2. The number of hydrogen-bond donors (Lipinski definition) is 2. The number of aryl methyl sites for hydroxylation is 1. The number of halogens is 4. The first-order chi connectivity index (χ1) is 16.6. The topological polar surface area (TPSA) is 137 Å². The molecule has 14 heteroatoms. The van der Waals surface area contributed by atoms with Gasteiger partial charge in [-0.05, 0) is 31.9 Å². The van der Waals surface area contributed by atoms with Crippen LogP contribution in [0.1, 0.15) is 36.7 Å². The third-order valence-electron chi connectivity index (χ3n) is 5.80. The van der Waals surface area contributed by atoms with Gasteiger partial charge in [-0.2, -0.15) is 18.3 Å². The van der Waals surface area contributed by atoms with Crippen LogP contribution in [0.2, 0.25) is 0 Å². The van der Waals surface area contributed by atoms with E-state index < -0.39 is 29.7 Å². The van der Waals surface area contributed by atoms with Gasteiger partial charge in [-0.1, -0.05) is 0 Å². The number of rotatable bonds is 5. The molecule has 0 bridgehead atoms. The fourth-order valence-corrected chi connectivity index (χ4v) is 4.06. The molecule has 1 unspecified atom stereocenters. The van der Waals surface area contributed by atoms with Crippen molar-refractivity contribution in [2.45, 2.75) is 37.8 Å². The van der Waals surface area contributed by atoms with Crippen molar-refractivity contribution >= 4 is 23.2 Å². The molecule has 10 nitrogen and oxygen atoms in total. The SMILES string of the molecule is CC1(c2ccc(F)cn2)C(=O)Nc2nc(-c3cn4ncnc4c(CCCC(F)(F)F)n3)nc(N)c21. The second kappa shape index (κ2) is 7.92. The van der Waals surface area contributed by atoms with Crippen LogP contribution in [-0.2, 0) is 16.6 Å². The molecule has 1 aliphatic rings. The maximum Gasteiger partial charge on any atom is 0.389 e. The number of carbonyl (C=O) groups is 1. The quantitative estimate of drug-likeness (QED) is 0.410. The average molecular weight is 487 g/mol. The molecule has 1 amide bonds. The van der Waals surface area contributed by atoms with E-state index in [2.05, 4.69) is 35.3 Å². The molecule has 0 aromatic carbocycles. The molecule has 0 aliphatic carbocycles. The lowest BCUT2D eigenvalue weighted by molar-refractivity contribution is -0.135. The Labute approximate surface area is 194 Å². The normalized spacial score (nSPS) is 17.6. The molecule has 35 heavy (non-hydrogen) atoms. The molecule has 4 aromatic heterocycles. The molecule has 0 radical (unpaired) electrons. The van der Waals surface area contributed by atoms with E-state index in [1.54, 1.807) is 6.92 Å². The van der Waals surface area contributed by atoms with Gasteiger partial charge in [-0.3, -0.25) is 9.78 Å². The molecule has 1 atom stereocenters. The van der Waals surface area contributed by atoms with Crippen LogP contribution in [0.5, 0.6) is 0 Å². The Hall–Kier alpha value is -4.23. The fourth-order valence-electron chi connectivity index (χ4n) is 4.06. The Bertz CT molecular complexity index is 1450. The number of fused-ring (bicyclic) bond motifs is 2. The van der Waals surface area contributed by atoms with Crippen LogP contribution in [0.4, 0.5) is 29.2 Å². The second-order valence-electron chi connectivity index (χ2n) is 8.17. The predicted octanol–water partition coefficient (Wildman–Crippen LogP) is 2.84. The number of nitrogens with zero attached hydrogens (tertiary/aromatic N) is 7. The number of nitrogen functional groups attached to an aromatic ring is 1. The lowest BCUT2D eigenvalue weighted by Crippen LogP contribution is -2.34. The van der Waals surface area contributed by atoms with Crippen LogP contribution < -0.4 is 11.1 Å². The smallest absolute Gasteiger partial charge is 0.383 e. The van der Waals surface area contributed by atoms with Crippen molar-refractivity contribution in [1.82, 2.24) is 34.5 Å². The summed E-state index contributed by atoms with van der Waals surface area (Å²) in [6, 6.07) is 2.56. The van der Waals surface area contributed by atoms with E-state index in [0.29, 0.717) is 5.65 Å². The number of nitrogens with one attached hydrogen (secondary N) is 1.